The molecule has 1 N–H and O–H groups in total. The van der Waals surface area contributed by atoms with Gasteiger partial charge in [-0.25, -0.2) is 0 Å². The maximum atomic E-state index is 11.9. The molecule has 1 atom stereocenters. The molecule has 1 saturated carbocycles. The van der Waals surface area contributed by atoms with Crippen LogP contribution in [0.5, 0.6) is 0 Å². The molecule has 0 bridgehead atoms. The Balaban J connectivity index is 2.20. The molecule has 1 fully saturated rings. The molecule has 0 aromatic carbocycles. The highest BCUT2D eigenvalue weighted by atomic mass is 19.4. The summed E-state index contributed by atoms with van der Waals surface area (Å²) in [6, 6.07) is 0.666. The fourth-order valence-corrected chi connectivity index (χ4v) is 2.01. The molecule has 0 heterocycles. The van der Waals surface area contributed by atoms with Gasteiger partial charge >= 0.3 is 6.18 Å². The molecule has 0 saturated heterocycles. The minimum Gasteiger partial charge on any atom is -0.372 e. The summed E-state index contributed by atoms with van der Waals surface area (Å²) in [7, 11) is 0. The van der Waals surface area contributed by atoms with E-state index < -0.39 is 12.8 Å². The SMILES string of the molecule is CC(C)C(C)(CCCOCC(F)(F)F)CNC1CC1. The van der Waals surface area contributed by atoms with Gasteiger partial charge in [0.15, 0.2) is 0 Å². The molecule has 0 amide bonds. The van der Waals surface area contributed by atoms with Crippen molar-refractivity contribution in [2.45, 2.75) is 58.7 Å². The third-order valence-electron chi connectivity index (χ3n) is 4.07. The van der Waals surface area contributed by atoms with Gasteiger partial charge in [0.25, 0.3) is 0 Å². The molecule has 0 aliphatic heterocycles. The summed E-state index contributed by atoms with van der Waals surface area (Å²) in [5.41, 5.74) is 0.129. The maximum absolute atomic E-state index is 11.9. The number of alkyl halides is 3. The fourth-order valence-electron chi connectivity index (χ4n) is 2.01. The third-order valence-corrected chi connectivity index (χ3v) is 4.07. The Morgan fingerprint density at radius 2 is 1.89 bits per heavy atom. The number of ether oxygens (including phenoxy) is 1. The predicted octanol–water partition coefficient (Wildman–Crippen LogP) is 3.76. The standard InChI is InChI=1S/C14H26F3NO/c1-11(2)13(3,9-18-12-5-6-12)7-4-8-19-10-14(15,16)17/h11-12,18H,4-10H2,1-3H3. The summed E-state index contributed by atoms with van der Waals surface area (Å²) in [4.78, 5) is 0. The lowest BCUT2D eigenvalue weighted by Gasteiger charge is -2.34. The van der Waals surface area contributed by atoms with Crippen LogP contribution in [0.4, 0.5) is 13.2 Å². The van der Waals surface area contributed by atoms with E-state index in [2.05, 4.69) is 30.8 Å². The van der Waals surface area contributed by atoms with Crippen LogP contribution in [0, 0.1) is 11.3 Å². The van der Waals surface area contributed by atoms with E-state index in [9.17, 15) is 13.2 Å². The van der Waals surface area contributed by atoms with Crippen LogP contribution in [0.1, 0.15) is 46.5 Å². The lowest BCUT2D eigenvalue weighted by Crippen LogP contribution is -2.37. The monoisotopic (exact) mass is 281 g/mol. The van der Waals surface area contributed by atoms with Gasteiger partial charge < -0.3 is 10.1 Å². The second-order valence-electron chi connectivity index (χ2n) is 6.24. The van der Waals surface area contributed by atoms with Gasteiger partial charge in [0.05, 0.1) is 0 Å². The van der Waals surface area contributed by atoms with Crippen LogP contribution in [0.3, 0.4) is 0 Å². The maximum Gasteiger partial charge on any atom is 0.411 e. The average Bonchev–Trinajstić information content (AvgIpc) is 3.08. The van der Waals surface area contributed by atoms with Crippen molar-refractivity contribution in [1.82, 2.24) is 5.32 Å². The molecule has 1 unspecified atom stereocenters. The number of hydrogen-bond donors (Lipinski definition) is 1. The third kappa shape index (κ3) is 7.16. The van der Waals surface area contributed by atoms with Crippen LogP contribution in [0.25, 0.3) is 0 Å². The van der Waals surface area contributed by atoms with Gasteiger partial charge in [0.2, 0.25) is 0 Å². The van der Waals surface area contributed by atoms with E-state index >= 15 is 0 Å². The molecule has 114 valence electrons. The van der Waals surface area contributed by atoms with Crippen molar-refractivity contribution in [2.24, 2.45) is 11.3 Å². The zero-order valence-electron chi connectivity index (χ0n) is 12.1. The van der Waals surface area contributed by atoms with Crippen molar-refractivity contribution in [3.63, 3.8) is 0 Å². The van der Waals surface area contributed by atoms with Crippen molar-refractivity contribution in [1.29, 1.82) is 0 Å². The summed E-state index contributed by atoms with van der Waals surface area (Å²) < 4.78 is 40.4. The van der Waals surface area contributed by atoms with Gasteiger partial charge in [0.1, 0.15) is 6.61 Å². The van der Waals surface area contributed by atoms with Crippen molar-refractivity contribution >= 4 is 0 Å². The van der Waals surface area contributed by atoms with E-state index in [1.165, 1.54) is 12.8 Å². The zero-order valence-corrected chi connectivity index (χ0v) is 12.1. The van der Waals surface area contributed by atoms with E-state index in [-0.39, 0.29) is 12.0 Å². The number of rotatable bonds is 9. The minimum absolute atomic E-state index is 0.129. The van der Waals surface area contributed by atoms with E-state index in [1.54, 1.807) is 0 Å². The van der Waals surface area contributed by atoms with Crippen LogP contribution in [-0.4, -0.2) is 32.0 Å². The first kappa shape index (κ1) is 16.8. The summed E-state index contributed by atoms with van der Waals surface area (Å²) in [6.45, 7) is 6.54. The number of hydrogen-bond acceptors (Lipinski definition) is 2. The van der Waals surface area contributed by atoms with E-state index in [0.717, 1.165) is 13.0 Å². The van der Waals surface area contributed by atoms with Crippen molar-refractivity contribution in [3.05, 3.63) is 0 Å². The average molecular weight is 281 g/mol. The molecular formula is C14H26F3NO. The summed E-state index contributed by atoms with van der Waals surface area (Å²) in [6.07, 6.45) is -0.139. The molecule has 0 aromatic heterocycles. The second-order valence-corrected chi connectivity index (χ2v) is 6.24. The Morgan fingerprint density at radius 3 is 2.37 bits per heavy atom. The van der Waals surface area contributed by atoms with Gasteiger partial charge in [-0.1, -0.05) is 20.8 Å². The van der Waals surface area contributed by atoms with Crippen molar-refractivity contribution in [2.75, 3.05) is 19.8 Å². The first-order chi connectivity index (χ1) is 8.73. The van der Waals surface area contributed by atoms with Crippen molar-refractivity contribution < 1.29 is 17.9 Å². The number of halogens is 3. The summed E-state index contributed by atoms with van der Waals surface area (Å²) >= 11 is 0. The molecule has 1 aliphatic rings. The normalized spacial score (nSPS) is 19.7. The Morgan fingerprint density at radius 1 is 1.26 bits per heavy atom. The van der Waals surface area contributed by atoms with Gasteiger partial charge in [0, 0.05) is 19.2 Å². The fraction of sp³-hybridized carbons (Fsp3) is 1.00. The molecule has 1 rings (SSSR count). The zero-order chi connectivity index (χ0) is 14.5. The van der Waals surface area contributed by atoms with Gasteiger partial charge in [-0.3, -0.25) is 0 Å². The Kier molecular flexibility index (Phi) is 6.12. The van der Waals surface area contributed by atoms with Gasteiger partial charge in [-0.15, -0.1) is 0 Å². The molecule has 19 heavy (non-hydrogen) atoms. The van der Waals surface area contributed by atoms with Gasteiger partial charge in [-0.05, 0) is 37.0 Å². The molecule has 0 radical (unpaired) electrons. The lowest BCUT2D eigenvalue weighted by molar-refractivity contribution is -0.174. The summed E-state index contributed by atoms with van der Waals surface area (Å²) in [5, 5.41) is 3.52. The van der Waals surface area contributed by atoms with E-state index in [1.807, 2.05) is 0 Å². The quantitative estimate of drug-likeness (QED) is 0.650. The largest absolute Gasteiger partial charge is 0.411 e. The first-order valence-corrected chi connectivity index (χ1v) is 7.11. The van der Waals surface area contributed by atoms with Crippen LogP contribution in [0.2, 0.25) is 0 Å². The van der Waals surface area contributed by atoms with E-state index in [4.69, 9.17) is 0 Å². The number of nitrogens with one attached hydrogen (secondary N) is 1. The molecule has 5 heteroatoms. The highest BCUT2D eigenvalue weighted by Gasteiger charge is 2.31. The highest BCUT2D eigenvalue weighted by Crippen LogP contribution is 2.33. The topological polar surface area (TPSA) is 21.3 Å². The molecule has 0 aromatic rings. The second kappa shape index (κ2) is 6.93. The van der Waals surface area contributed by atoms with Gasteiger partial charge in [-0.2, -0.15) is 13.2 Å². The van der Waals surface area contributed by atoms with Crippen LogP contribution >= 0.6 is 0 Å². The smallest absolute Gasteiger partial charge is 0.372 e. The Hall–Kier alpha value is -0.290. The lowest BCUT2D eigenvalue weighted by atomic mass is 9.75. The molecule has 1 aliphatic carbocycles. The molecule has 0 spiro atoms. The highest BCUT2D eigenvalue weighted by molar-refractivity contribution is 4.87. The van der Waals surface area contributed by atoms with E-state index in [0.29, 0.717) is 18.4 Å². The first-order valence-electron chi connectivity index (χ1n) is 7.11. The molecular weight excluding hydrogens is 255 g/mol. The van der Waals surface area contributed by atoms with Crippen LogP contribution in [-0.2, 0) is 4.74 Å². The van der Waals surface area contributed by atoms with Crippen LogP contribution < -0.4 is 5.32 Å². The Bertz CT molecular complexity index is 264. The van der Waals surface area contributed by atoms with Crippen LogP contribution in [0.15, 0.2) is 0 Å². The summed E-state index contributed by atoms with van der Waals surface area (Å²) in [5.74, 6) is 0.501. The molecule has 2 nitrogen and oxygen atoms in total. The van der Waals surface area contributed by atoms with Crippen molar-refractivity contribution in [3.8, 4) is 0 Å². The predicted molar refractivity (Wildman–Crippen MR) is 70.1 cm³/mol. The minimum atomic E-state index is -4.21. The Labute approximate surface area is 114 Å².